The summed E-state index contributed by atoms with van der Waals surface area (Å²) < 4.78 is 0.662. The Morgan fingerprint density at radius 3 is 2.56 bits per heavy atom. The van der Waals surface area contributed by atoms with Crippen LogP contribution in [0.5, 0.6) is 0 Å². The topological polar surface area (TPSA) is 40.5 Å². The average Bonchev–Trinajstić information content (AvgIpc) is 2.66. The fourth-order valence-electron chi connectivity index (χ4n) is 2.14. The predicted octanol–water partition coefficient (Wildman–Crippen LogP) is 2.45. The van der Waals surface area contributed by atoms with E-state index in [-0.39, 0.29) is 0 Å². The zero-order valence-electron chi connectivity index (χ0n) is 9.07. The Morgan fingerprint density at radius 1 is 1.50 bits per heavy atom. The van der Waals surface area contributed by atoms with Crippen LogP contribution in [0.15, 0.2) is 12.1 Å². The smallest absolute Gasteiger partial charge is 0.315 e. The van der Waals surface area contributed by atoms with Crippen molar-refractivity contribution in [3.8, 4) is 0 Å². The van der Waals surface area contributed by atoms with E-state index in [1.54, 1.807) is 6.07 Å². The predicted molar refractivity (Wildman–Crippen MR) is 65.4 cm³/mol. The van der Waals surface area contributed by atoms with Crippen LogP contribution in [0.3, 0.4) is 0 Å². The SMILES string of the molecule is CN1CCC(C(=O)O)(c2ccc(Cl)s2)CC1. The molecule has 1 aliphatic heterocycles. The number of hydrogen-bond donors (Lipinski definition) is 1. The van der Waals surface area contributed by atoms with Crippen molar-refractivity contribution in [2.45, 2.75) is 18.3 Å². The largest absolute Gasteiger partial charge is 0.481 e. The first-order valence-corrected chi connectivity index (χ1v) is 6.42. The summed E-state index contributed by atoms with van der Waals surface area (Å²) in [6.45, 7) is 1.64. The first-order valence-electron chi connectivity index (χ1n) is 5.22. The van der Waals surface area contributed by atoms with Crippen LogP contribution < -0.4 is 0 Å². The van der Waals surface area contributed by atoms with Crippen LogP contribution >= 0.6 is 22.9 Å². The van der Waals surface area contributed by atoms with Gasteiger partial charge in [0, 0.05) is 4.88 Å². The zero-order valence-corrected chi connectivity index (χ0v) is 10.6. The number of hydrogen-bond acceptors (Lipinski definition) is 3. The molecule has 1 N–H and O–H groups in total. The molecule has 88 valence electrons. The molecule has 1 aromatic heterocycles. The molecule has 16 heavy (non-hydrogen) atoms. The van der Waals surface area contributed by atoms with Crippen LogP contribution in [0.4, 0.5) is 0 Å². The van der Waals surface area contributed by atoms with Crippen LogP contribution in [0.1, 0.15) is 17.7 Å². The van der Waals surface area contributed by atoms with Crippen molar-refractivity contribution in [2.75, 3.05) is 20.1 Å². The van der Waals surface area contributed by atoms with Crippen molar-refractivity contribution < 1.29 is 9.90 Å². The van der Waals surface area contributed by atoms with Gasteiger partial charge in [-0.25, -0.2) is 0 Å². The van der Waals surface area contributed by atoms with Crippen molar-refractivity contribution in [2.24, 2.45) is 0 Å². The third kappa shape index (κ3) is 1.97. The summed E-state index contributed by atoms with van der Waals surface area (Å²) in [5.41, 5.74) is -0.718. The van der Waals surface area contributed by atoms with E-state index in [4.69, 9.17) is 11.6 Å². The summed E-state index contributed by atoms with van der Waals surface area (Å²) in [5, 5.41) is 9.48. The minimum absolute atomic E-state index is 0.662. The molecule has 0 amide bonds. The molecule has 0 radical (unpaired) electrons. The van der Waals surface area contributed by atoms with E-state index in [9.17, 15) is 9.90 Å². The van der Waals surface area contributed by atoms with Crippen LogP contribution in [0.2, 0.25) is 4.34 Å². The second kappa shape index (κ2) is 4.35. The summed E-state index contributed by atoms with van der Waals surface area (Å²) >= 11 is 7.28. The lowest BCUT2D eigenvalue weighted by molar-refractivity contribution is -0.145. The van der Waals surface area contributed by atoms with Gasteiger partial charge >= 0.3 is 5.97 Å². The van der Waals surface area contributed by atoms with Crippen molar-refractivity contribution in [1.82, 2.24) is 4.90 Å². The lowest BCUT2D eigenvalue weighted by Gasteiger charge is -2.36. The summed E-state index contributed by atoms with van der Waals surface area (Å²) in [5.74, 6) is -0.723. The molecule has 1 saturated heterocycles. The molecule has 0 bridgehead atoms. The van der Waals surface area contributed by atoms with Gasteiger partial charge in [-0.15, -0.1) is 11.3 Å². The number of carbonyl (C=O) groups is 1. The lowest BCUT2D eigenvalue weighted by atomic mass is 9.77. The molecule has 0 saturated carbocycles. The molecule has 3 nitrogen and oxygen atoms in total. The summed E-state index contributed by atoms with van der Waals surface area (Å²) in [7, 11) is 2.02. The number of carboxylic acids is 1. The quantitative estimate of drug-likeness (QED) is 0.887. The maximum Gasteiger partial charge on any atom is 0.315 e. The number of piperidine rings is 1. The van der Waals surface area contributed by atoms with E-state index in [0.717, 1.165) is 18.0 Å². The van der Waals surface area contributed by atoms with E-state index in [1.165, 1.54) is 11.3 Å². The van der Waals surface area contributed by atoms with Crippen molar-refractivity contribution >= 4 is 28.9 Å². The minimum atomic E-state index is -0.723. The second-order valence-corrected chi connectivity index (χ2v) is 6.01. The fraction of sp³-hybridized carbons (Fsp3) is 0.545. The van der Waals surface area contributed by atoms with Gasteiger partial charge in [-0.2, -0.15) is 0 Å². The van der Waals surface area contributed by atoms with Gasteiger partial charge in [0.05, 0.1) is 4.34 Å². The normalized spacial score (nSPS) is 20.9. The monoisotopic (exact) mass is 259 g/mol. The number of rotatable bonds is 2. The number of carboxylic acid groups (broad SMARTS) is 1. The highest BCUT2D eigenvalue weighted by Gasteiger charge is 2.43. The Bertz CT molecular complexity index is 396. The summed E-state index contributed by atoms with van der Waals surface area (Å²) in [6, 6.07) is 3.64. The summed E-state index contributed by atoms with van der Waals surface area (Å²) in [4.78, 5) is 14.6. The maximum absolute atomic E-state index is 11.5. The van der Waals surface area contributed by atoms with Crippen LogP contribution in [-0.2, 0) is 10.2 Å². The standard InChI is InChI=1S/C11H14ClNO2S/c1-13-6-4-11(5-7-13,10(14)15)8-2-3-9(12)16-8/h2-3H,4-7H2,1H3,(H,14,15). The van der Waals surface area contributed by atoms with Crippen LogP contribution in [0.25, 0.3) is 0 Å². The Kier molecular flexibility index (Phi) is 3.24. The highest BCUT2D eigenvalue weighted by atomic mass is 35.5. The molecule has 1 fully saturated rings. The number of nitrogens with zero attached hydrogens (tertiary/aromatic N) is 1. The Hall–Kier alpha value is -0.580. The lowest BCUT2D eigenvalue weighted by Crippen LogP contribution is -2.45. The van der Waals surface area contributed by atoms with E-state index in [2.05, 4.69) is 4.90 Å². The molecule has 0 unspecified atom stereocenters. The maximum atomic E-state index is 11.5. The van der Waals surface area contributed by atoms with Crippen molar-refractivity contribution in [3.05, 3.63) is 21.3 Å². The van der Waals surface area contributed by atoms with E-state index in [1.807, 2.05) is 13.1 Å². The molecule has 2 heterocycles. The van der Waals surface area contributed by atoms with Crippen LogP contribution in [0, 0.1) is 0 Å². The third-order valence-corrected chi connectivity index (χ3v) is 4.73. The Labute approximate surface area is 104 Å². The molecule has 0 aliphatic carbocycles. The zero-order chi connectivity index (χ0) is 11.8. The van der Waals surface area contributed by atoms with Crippen molar-refractivity contribution in [3.63, 3.8) is 0 Å². The first kappa shape index (κ1) is 11.9. The van der Waals surface area contributed by atoms with Crippen molar-refractivity contribution in [1.29, 1.82) is 0 Å². The molecule has 2 rings (SSSR count). The number of halogens is 1. The number of aliphatic carboxylic acids is 1. The molecule has 1 aromatic rings. The molecule has 0 aromatic carbocycles. The third-order valence-electron chi connectivity index (χ3n) is 3.29. The van der Waals surface area contributed by atoms with Gasteiger partial charge in [0.2, 0.25) is 0 Å². The Morgan fingerprint density at radius 2 is 2.12 bits per heavy atom. The highest BCUT2D eigenvalue weighted by Crippen LogP contribution is 2.40. The van der Waals surface area contributed by atoms with E-state index >= 15 is 0 Å². The summed E-state index contributed by atoms with van der Waals surface area (Å²) in [6.07, 6.45) is 1.32. The minimum Gasteiger partial charge on any atom is -0.481 e. The van der Waals surface area contributed by atoms with Gasteiger partial charge in [0.1, 0.15) is 5.41 Å². The van der Waals surface area contributed by atoms with Gasteiger partial charge in [0.25, 0.3) is 0 Å². The molecule has 0 spiro atoms. The highest BCUT2D eigenvalue weighted by molar-refractivity contribution is 7.16. The fourth-order valence-corrected chi connectivity index (χ4v) is 3.42. The molecular formula is C11H14ClNO2S. The number of thiophene rings is 1. The van der Waals surface area contributed by atoms with Gasteiger partial charge < -0.3 is 10.0 Å². The Balaban J connectivity index is 2.33. The number of likely N-dealkylation sites (tertiary alicyclic amines) is 1. The van der Waals surface area contributed by atoms with E-state index < -0.39 is 11.4 Å². The second-order valence-electron chi connectivity index (χ2n) is 4.29. The van der Waals surface area contributed by atoms with E-state index in [0.29, 0.717) is 17.2 Å². The first-order chi connectivity index (χ1) is 7.54. The molecule has 0 atom stereocenters. The molecule has 5 heteroatoms. The van der Waals surface area contributed by atoms with Gasteiger partial charge in [-0.1, -0.05) is 11.6 Å². The van der Waals surface area contributed by atoms with Gasteiger partial charge in [-0.05, 0) is 45.1 Å². The average molecular weight is 260 g/mol. The molecule has 1 aliphatic rings. The van der Waals surface area contributed by atoms with Gasteiger partial charge in [0.15, 0.2) is 0 Å². The van der Waals surface area contributed by atoms with Gasteiger partial charge in [-0.3, -0.25) is 4.79 Å². The van der Waals surface area contributed by atoms with Crippen LogP contribution in [-0.4, -0.2) is 36.1 Å². The molecular weight excluding hydrogens is 246 g/mol.